The number of benzene rings is 1. The van der Waals surface area contributed by atoms with Gasteiger partial charge in [0.05, 0.1) is 33.8 Å². The number of rotatable bonds is 10. The maximum Gasteiger partial charge on any atom is 0.331 e. The number of nitrogens with zero attached hydrogens (tertiary/aromatic N) is 4. The molecule has 13 heteroatoms. The van der Waals surface area contributed by atoms with Gasteiger partial charge in [-0.05, 0) is 47.5 Å². The van der Waals surface area contributed by atoms with Crippen LogP contribution in [0.25, 0.3) is 22.3 Å². The molecule has 0 saturated carbocycles. The minimum atomic E-state index is -3.78. The SMILES string of the molecule is CCCn1c(=O)n(C)c(=O)c2[nH]c(-c3cc(S(=O)(=O)N4CCN(CCOC)CC4)ccc3OCC)c(Br)c21. The van der Waals surface area contributed by atoms with E-state index in [1.807, 2.05) is 13.8 Å². The Morgan fingerprint density at radius 2 is 1.79 bits per heavy atom. The minimum absolute atomic E-state index is 0.130. The summed E-state index contributed by atoms with van der Waals surface area (Å²) in [7, 11) is -0.688. The van der Waals surface area contributed by atoms with Crippen molar-refractivity contribution in [3.8, 4) is 17.0 Å². The zero-order valence-corrected chi connectivity index (χ0v) is 24.5. The third kappa shape index (κ3) is 5.22. The van der Waals surface area contributed by atoms with E-state index >= 15 is 0 Å². The van der Waals surface area contributed by atoms with Crippen LogP contribution >= 0.6 is 15.9 Å². The molecule has 0 spiro atoms. The summed E-state index contributed by atoms with van der Waals surface area (Å²) in [6.07, 6.45) is 0.691. The average molecular weight is 613 g/mol. The van der Waals surface area contributed by atoms with E-state index in [1.54, 1.807) is 29.9 Å². The predicted octanol–water partition coefficient (Wildman–Crippen LogP) is 2.22. The third-order valence-corrected chi connectivity index (χ3v) is 9.44. The van der Waals surface area contributed by atoms with E-state index in [4.69, 9.17) is 9.47 Å². The number of ether oxygens (including phenoxy) is 2. The van der Waals surface area contributed by atoms with Crippen LogP contribution in [0.15, 0.2) is 37.2 Å². The van der Waals surface area contributed by atoms with Crippen LogP contribution in [0.1, 0.15) is 20.3 Å². The number of sulfonamides is 1. The molecule has 3 heterocycles. The normalized spacial score (nSPS) is 15.4. The molecule has 1 saturated heterocycles. The van der Waals surface area contributed by atoms with Crippen LogP contribution in [0, 0.1) is 0 Å². The first kappa shape index (κ1) is 28.6. The molecule has 208 valence electrons. The molecule has 0 unspecified atom stereocenters. The van der Waals surface area contributed by atoms with E-state index < -0.39 is 21.3 Å². The number of hydrogen-bond acceptors (Lipinski definition) is 7. The van der Waals surface area contributed by atoms with Gasteiger partial charge in [0.25, 0.3) is 5.56 Å². The molecule has 38 heavy (non-hydrogen) atoms. The van der Waals surface area contributed by atoms with Gasteiger partial charge in [-0.3, -0.25) is 18.8 Å². The second kappa shape index (κ2) is 11.7. The van der Waals surface area contributed by atoms with E-state index in [0.717, 1.165) is 11.1 Å². The quantitative estimate of drug-likeness (QED) is 0.373. The van der Waals surface area contributed by atoms with Crippen LogP contribution in [0.5, 0.6) is 5.75 Å². The van der Waals surface area contributed by atoms with Crippen molar-refractivity contribution in [2.24, 2.45) is 7.05 Å². The highest BCUT2D eigenvalue weighted by atomic mass is 79.9. The number of H-pyrrole nitrogens is 1. The molecule has 4 rings (SSSR count). The van der Waals surface area contributed by atoms with E-state index in [2.05, 4.69) is 25.8 Å². The Bertz CT molecular complexity index is 1540. The monoisotopic (exact) mass is 611 g/mol. The second-order valence-corrected chi connectivity index (χ2v) is 11.9. The maximum absolute atomic E-state index is 13.6. The Balaban J connectivity index is 1.81. The lowest BCUT2D eigenvalue weighted by Gasteiger charge is -2.33. The van der Waals surface area contributed by atoms with E-state index in [-0.39, 0.29) is 10.4 Å². The van der Waals surface area contributed by atoms with Gasteiger partial charge >= 0.3 is 5.69 Å². The van der Waals surface area contributed by atoms with Crippen LogP contribution in [0.3, 0.4) is 0 Å². The van der Waals surface area contributed by atoms with Crippen molar-refractivity contribution < 1.29 is 17.9 Å². The van der Waals surface area contributed by atoms with Crippen LogP contribution < -0.4 is 16.0 Å². The van der Waals surface area contributed by atoms with Gasteiger partial charge in [0, 0.05) is 59.0 Å². The summed E-state index contributed by atoms with van der Waals surface area (Å²) in [6, 6.07) is 4.75. The molecule has 0 amide bonds. The van der Waals surface area contributed by atoms with Crippen LogP contribution in [-0.4, -0.2) is 84.8 Å². The molecule has 0 atom stereocenters. The van der Waals surface area contributed by atoms with E-state index in [9.17, 15) is 18.0 Å². The molecule has 2 aromatic heterocycles. The van der Waals surface area contributed by atoms with E-state index in [1.165, 1.54) is 11.4 Å². The second-order valence-electron chi connectivity index (χ2n) is 9.17. The highest BCUT2D eigenvalue weighted by Crippen LogP contribution is 2.39. The van der Waals surface area contributed by atoms with E-state index in [0.29, 0.717) is 79.4 Å². The molecular weight excluding hydrogens is 578 g/mol. The van der Waals surface area contributed by atoms with Gasteiger partial charge in [0.15, 0.2) is 0 Å². The molecule has 3 aromatic rings. The Labute approximate surface area is 230 Å². The van der Waals surface area contributed by atoms with Crippen molar-refractivity contribution in [3.05, 3.63) is 43.5 Å². The Morgan fingerprint density at radius 1 is 1.08 bits per heavy atom. The first-order chi connectivity index (χ1) is 18.1. The fourth-order valence-corrected chi connectivity index (χ4v) is 6.91. The van der Waals surface area contributed by atoms with Crippen molar-refractivity contribution in [3.63, 3.8) is 0 Å². The zero-order chi connectivity index (χ0) is 27.6. The molecule has 0 radical (unpaired) electrons. The number of nitrogens with one attached hydrogen (secondary N) is 1. The predicted molar refractivity (Wildman–Crippen MR) is 149 cm³/mol. The van der Waals surface area contributed by atoms with Gasteiger partial charge in [0.2, 0.25) is 10.0 Å². The van der Waals surface area contributed by atoms with Crippen molar-refractivity contribution >= 4 is 37.0 Å². The molecule has 1 aliphatic rings. The van der Waals surface area contributed by atoms with Gasteiger partial charge in [0.1, 0.15) is 11.3 Å². The largest absolute Gasteiger partial charge is 0.493 e. The van der Waals surface area contributed by atoms with Crippen molar-refractivity contribution in [1.82, 2.24) is 23.3 Å². The lowest BCUT2D eigenvalue weighted by atomic mass is 10.1. The summed E-state index contributed by atoms with van der Waals surface area (Å²) in [5, 5.41) is 0. The number of methoxy groups -OCH3 is 1. The van der Waals surface area contributed by atoms with Gasteiger partial charge in [-0.1, -0.05) is 6.92 Å². The summed E-state index contributed by atoms with van der Waals surface area (Å²) >= 11 is 3.60. The average Bonchev–Trinajstić information content (AvgIpc) is 3.26. The summed E-state index contributed by atoms with van der Waals surface area (Å²) in [6.45, 7) is 7.93. The van der Waals surface area contributed by atoms with Crippen LogP contribution in [0.2, 0.25) is 0 Å². The topological polar surface area (TPSA) is 119 Å². The highest BCUT2D eigenvalue weighted by Gasteiger charge is 2.30. The first-order valence-electron chi connectivity index (χ1n) is 12.6. The van der Waals surface area contributed by atoms with Gasteiger partial charge in [-0.15, -0.1) is 0 Å². The standard InChI is InChI=1S/C25H34BrN5O6S/c1-5-9-31-23-20(26)21(27-22(23)24(32)28(3)25(31)33)18-16-17(7-8-19(18)37-6-2)38(34,35)30-12-10-29(11-13-30)14-15-36-4/h7-8,16,27H,5-6,9-15H2,1-4H3. The Kier molecular flexibility index (Phi) is 8.82. The number of piperazine rings is 1. The number of aromatic nitrogens is 3. The first-order valence-corrected chi connectivity index (χ1v) is 14.9. The maximum atomic E-state index is 13.6. The lowest BCUT2D eigenvalue weighted by Crippen LogP contribution is -2.49. The molecule has 1 fully saturated rings. The third-order valence-electron chi connectivity index (χ3n) is 6.77. The summed E-state index contributed by atoms with van der Waals surface area (Å²) in [4.78, 5) is 31.3. The number of aryl methyl sites for hydroxylation is 1. The van der Waals surface area contributed by atoms with Crippen molar-refractivity contribution in [2.75, 3.05) is 53.0 Å². The molecular formula is C25H34BrN5O6S. The summed E-state index contributed by atoms with van der Waals surface area (Å²) in [5.41, 5.74) is 0.770. The van der Waals surface area contributed by atoms with Crippen LogP contribution in [0.4, 0.5) is 0 Å². The van der Waals surface area contributed by atoms with Gasteiger partial charge in [-0.25, -0.2) is 13.2 Å². The van der Waals surface area contributed by atoms with Crippen molar-refractivity contribution in [1.29, 1.82) is 0 Å². The Morgan fingerprint density at radius 3 is 2.42 bits per heavy atom. The molecule has 11 nitrogen and oxygen atoms in total. The summed E-state index contributed by atoms with van der Waals surface area (Å²) in [5.74, 6) is 0.462. The molecule has 1 aromatic carbocycles. The molecule has 1 aliphatic heterocycles. The van der Waals surface area contributed by atoms with Gasteiger partial charge < -0.3 is 14.5 Å². The lowest BCUT2D eigenvalue weighted by molar-refractivity contribution is 0.123. The Hall–Kier alpha value is -2.45. The number of hydrogen-bond donors (Lipinski definition) is 1. The summed E-state index contributed by atoms with van der Waals surface area (Å²) < 4.78 is 42.8. The smallest absolute Gasteiger partial charge is 0.331 e. The number of fused-ring (bicyclic) bond motifs is 1. The fraction of sp³-hybridized carbons (Fsp3) is 0.520. The molecule has 1 N–H and O–H groups in total. The molecule has 0 aliphatic carbocycles. The van der Waals surface area contributed by atoms with Crippen LogP contribution in [-0.2, 0) is 28.4 Å². The highest BCUT2D eigenvalue weighted by molar-refractivity contribution is 9.10. The number of halogens is 1. The molecule has 0 bridgehead atoms. The number of aromatic amines is 1. The van der Waals surface area contributed by atoms with Gasteiger partial charge in [-0.2, -0.15) is 4.31 Å². The minimum Gasteiger partial charge on any atom is -0.493 e. The fourth-order valence-electron chi connectivity index (χ4n) is 4.73. The van der Waals surface area contributed by atoms with Crippen molar-refractivity contribution in [2.45, 2.75) is 31.7 Å². The zero-order valence-electron chi connectivity index (χ0n) is 22.1.